The van der Waals surface area contributed by atoms with Crippen LogP contribution in [0.15, 0.2) is 60.7 Å². The number of nitrogens with zero attached hydrogens (tertiary/aromatic N) is 2. The highest BCUT2D eigenvalue weighted by molar-refractivity contribution is 5.96. The van der Waals surface area contributed by atoms with Crippen LogP contribution in [0.3, 0.4) is 0 Å². The number of carbonyl (C=O) groups is 1. The van der Waals surface area contributed by atoms with Gasteiger partial charge in [-0.25, -0.2) is 0 Å². The van der Waals surface area contributed by atoms with Crippen molar-refractivity contribution in [3.63, 3.8) is 0 Å². The Morgan fingerprint density at radius 2 is 1.79 bits per heavy atom. The van der Waals surface area contributed by atoms with E-state index in [1.807, 2.05) is 17.0 Å². The largest absolute Gasteiger partial charge is 0.328 e. The predicted molar refractivity (Wildman–Crippen MR) is 115 cm³/mol. The minimum Gasteiger partial charge on any atom is -0.328 e. The minimum atomic E-state index is 0.138. The van der Waals surface area contributed by atoms with Gasteiger partial charge in [0.1, 0.15) is 0 Å². The Hall–Kier alpha value is -2.39. The molecule has 1 saturated heterocycles. The fourth-order valence-electron chi connectivity index (χ4n) is 4.40. The van der Waals surface area contributed by atoms with Gasteiger partial charge in [0.2, 0.25) is 0 Å². The van der Waals surface area contributed by atoms with Crippen molar-refractivity contribution >= 4 is 5.91 Å². The Morgan fingerprint density at radius 3 is 2.57 bits per heavy atom. The van der Waals surface area contributed by atoms with Crippen molar-refractivity contribution in [2.45, 2.75) is 45.2 Å². The van der Waals surface area contributed by atoms with E-state index in [-0.39, 0.29) is 11.9 Å². The molecule has 0 unspecified atom stereocenters. The van der Waals surface area contributed by atoms with E-state index in [0.29, 0.717) is 0 Å². The van der Waals surface area contributed by atoms with Crippen molar-refractivity contribution in [2.75, 3.05) is 19.6 Å². The molecule has 2 aliphatic heterocycles. The van der Waals surface area contributed by atoms with Crippen LogP contribution < -0.4 is 0 Å². The molecular weight excluding hydrogens is 344 g/mol. The Bertz CT molecular complexity index is 851. The quantitative estimate of drug-likeness (QED) is 0.655. The van der Waals surface area contributed by atoms with Crippen LogP contribution in [-0.4, -0.2) is 41.4 Å². The number of carbonyl (C=O) groups excluding carboxylic acids is 1. The van der Waals surface area contributed by atoms with E-state index in [0.717, 1.165) is 37.1 Å². The highest BCUT2D eigenvalue weighted by Crippen LogP contribution is 2.25. The number of rotatable bonds is 6. The molecule has 0 N–H and O–H groups in total. The SMILES string of the molecule is CCC[C@@H]1C=CCN1C(=O)c1cccc(-c2cccc(CN3CCCC3)c2)c1. The topological polar surface area (TPSA) is 23.6 Å². The highest BCUT2D eigenvalue weighted by Gasteiger charge is 2.25. The smallest absolute Gasteiger partial charge is 0.254 e. The first-order valence-electron chi connectivity index (χ1n) is 10.6. The van der Waals surface area contributed by atoms with E-state index < -0.39 is 0 Å². The average molecular weight is 375 g/mol. The third-order valence-electron chi connectivity index (χ3n) is 5.88. The average Bonchev–Trinajstić information content (AvgIpc) is 3.40. The maximum absolute atomic E-state index is 13.1. The summed E-state index contributed by atoms with van der Waals surface area (Å²) in [6.45, 7) is 6.32. The van der Waals surface area contributed by atoms with Gasteiger partial charge in [0.05, 0.1) is 6.04 Å². The molecule has 1 amide bonds. The first-order valence-corrected chi connectivity index (χ1v) is 10.6. The summed E-state index contributed by atoms with van der Waals surface area (Å²) in [4.78, 5) is 17.6. The van der Waals surface area contributed by atoms with Gasteiger partial charge in [-0.1, -0.05) is 55.8 Å². The van der Waals surface area contributed by atoms with E-state index in [4.69, 9.17) is 0 Å². The van der Waals surface area contributed by atoms with Crippen molar-refractivity contribution in [2.24, 2.45) is 0 Å². The van der Waals surface area contributed by atoms with Gasteiger partial charge in [0.25, 0.3) is 5.91 Å². The van der Waals surface area contributed by atoms with Crippen LogP contribution >= 0.6 is 0 Å². The second-order valence-corrected chi connectivity index (χ2v) is 8.01. The summed E-state index contributed by atoms with van der Waals surface area (Å²) in [5.41, 5.74) is 4.44. The Labute approximate surface area is 168 Å². The normalized spacial score (nSPS) is 19.5. The molecular formula is C25H30N2O. The first-order chi connectivity index (χ1) is 13.7. The molecule has 2 heterocycles. The minimum absolute atomic E-state index is 0.138. The summed E-state index contributed by atoms with van der Waals surface area (Å²) in [7, 11) is 0. The van der Waals surface area contributed by atoms with Gasteiger partial charge < -0.3 is 4.90 Å². The van der Waals surface area contributed by atoms with Crippen LogP contribution in [0.1, 0.15) is 48.5 Å². The van der Waals surface area contributed by atoms with Gasteiger partial charge in [0, 0.05) is 18.7 Å². The standard InChI is InChI=1S/C25H30N2O/c1-2-8-24-13-7-16-27(24)25(28)23-12-6-11-22(18-23)21-10-5-9-20(17-21)19-26-14-3-4-15-26/h5-7,9-13,17-18,24H,2-4,8,14-16,19H2,1H3/t24-/m1/s1. The zero-order chi connectivity index (χ0) is 19.3. The maximum Gasteiger partial charge on any atom is 0.254 e. The van der Waals surface area contributed by atoms with E-state index in [1.165, 1.54) is 37.1 Å². The lowest BCUT2D eigenvalue weighted by Gasteiger charge is -2.24. The van der Waals surface area contributed by atoms with E-state index in [9.17, 15) is 4.79 Å². The monoisotopic (exact) mass is 374 g/mol. The zero-order valence-electron chi connectivity index (χ0n) is 16.8. The fourth-order valence-corrected chi connectivity index (χ4v) is 4.40. The van der Waals surface area contributed by atoms with Crippen molar-refractivity contribution in [3.05, 3.63) is 71.8 Å². The van der Waals surface area contributed by atoms with Crippen molar-refractivity contribution in [3.8, 4) is 11.1 Å². The van der Waals surface area contributed by atoms with Gasteiger partial charge in [-0.05, 0) is 67.2 Å². The summed E-state index contributed by atoms with van der Waals surface area (Å²) in [6, 6.07) is 17.1. The van der Waals surface area contributed by atoms with Gasteiger partial charge >= 0.3 is 0 Å². The Kier molecular flexibility index (Phi) is 5.92. The summed E-state index contributed by atoms with van der Waals surface area (Å²) >= 11 is 0. The van der Waals surface area contributed by atoms with Crippen LogP contribution in [0.2, 0.25) is 0 Å². The zero-order valence-corrected chi connectivity index (χ0v) is 16.8. The summed E-state index contributed by atoms with van der Waals surface area (Å²) < 4.78 is 0. The molecule has 2 aromatic rings. The van der Waals surface area contributed by atoms with Crippen LogP contribution in [0.25, 0.3) is 11.1 Å². The number of hydrogen-bond donors (Lipinski definition) is 0. The molecule has 0 radical (unpaired) electrons. The van der Waals surface area contributed by atoms with Crippen molar-refractivity contribution in [1.29, 1.82) is 0 Å². The molecule has 0 saturated carbocycles. The summed E-state index contributed by atoms with van der Waals surface area (Å²) in [6.07, 6.45) is 9.03. The second-order valence-electron chi connectivity index (χ2n) is 8.01. The van der Waals surface area contributed by atoms with E-state index >= 15 is 0 Å². The van der Waals surface area contributed by atoms with Crippen LogP contribution in [0.4, 0.5) is 0 Å². The predicted octanol–water partition coefficient (Wildman–Crippen LogP) is 5.13. The second kappa shape index (κ2) is 8.74. The molecule has 28 heavy (non-hydrogen) atoms. The molecule has 4 rings (SSSR count). The number of likely N-dealkylation sites (tertiary alicyclic amines) is 1. The van der Waals surface area contributed by atoms with Gasteiger partial charge in [-0.15, -0.1) is 0 Å². The molecule has 1 fully saturated rings. The molecule has 0 aromatic heterocycles. The van der Waals surface area contributed by atoms with Gasteiger partial charge in [-0.2, -0.15) is 0 Å². The molecule has 0 spiro atoms. The first kappa shape index (κ1) is 18.9. The lowest BCUT2D eigenvalue weighted by atomic mass is 10.00. The van der Waals surface area contributed by atoms with Crippen LogP contribution in [0.5, 0.6) is 0 Å². The fraction of sp³-hybridized carbons (Fsp3) is 0.400. The number of hydrogen-bond acceptors (Lipinski definition) is 2. The molecule has 1 atom stereocenters. The highest BCUT2D eigenvalue weighted by atomic mass is 16.2. The van der Waals surface area contributed by atoms with Crippen molar-refractivity contribution in [1.82, 2.24) is 9.80 Å². The Morgan fingerprint density at radius 1 is 1.04 bits per heavy atom. The van der Waals surface area contributed by atoms with Gasteiger partial charge in [-0.3, -0.25) is 9.69 Å². The molecule has 3 nitrogen and oxygen atoms in total. The molecule has 2 aliphatic rings. The van der Waals surface area contributed by atoms with Crippen LogP contribution in [-0.2, 0) is 6.54 Å². The number of benzene rings is 2. The lowest BCUT2D eigenvalue weighted by molar-refractivity contribution is 0.0744. The third kappa shape index (κ3) is 4.20. The molecule has 146 valence electrons. The van der Waals surface area contributed by atoms with Crippen molar-refractivity contribution < 1.29 is 4.79 Å². The molecule has 0 bridgehead atoms. The molecule has 2 aromatic carbocycles. The lowest BCUT2D eigenvalue weighted by Crippen LogP contribution is -2.36. The van der Waals surface area contributed by atoms with E-state index in [2.05, 4.69) is 60.4 Å². The number of amides is 1. The van der Waals surface area contributed by atoms with E-state index in [1.54, 1.807) is 0 Å². The van der Waals surface area contributed by atoms with Gasteiger partial charge in [0.15, 0.2) is 0 Å². The molecule has 3 heteroatoms. The third-order valence-corrected chi connectivity index (χ3v) is 5.88. The maximum atomic E-state index is 13.1. The van der Waals surface area contributed by atoms with Crippen LogP contribution in [0, 0.1) is 0 Å². The molecule has 0 aliphatic carbocycles. The Balaban J connectivity index is 1.53. The summed E-state index contributed by atoms with van der Waals surface area (Å²) in [5, 5.41) is 0. The summed E-state index contributed by atoms with van der Waals surface area (Å²) in [5.74, 6) is 0.138.